The topological polar surface area (TPSA) is 68.1 Å². The summed E-state index contributed by atoms with van der Waals surface area (Å²) in [6, 6.07) is 5.09. The van der Waals surface area contributed by atoms with Crippen molar-refractivity contribution in [2.45, 2.75) is 20.4 Å². The van der Waals surface area contributed by atoms with Crippen LogP contribution in [0, 0.1) is 24.0 Å². The number of benzene rings is 1. The van der Waals surface area contributed by atoms with Crippen molar-refractivity contribution in [2.75, 3.05) is 5.32 Å². The van der Waals surface area contributed by atoms with Gasteiger partial charge in [0, 0.05) is 27.5 Å². The molecular weight excluding hydrogens is 313 g/mol. The highest BCUT2D eigenvalue weighted by Gasteiger charge is 2.18. The van der Waals surface area contributed by atoms with Crippen LogP contribution in [0.2, 0.25) is 10.0 Å². The van der Waals surface area contributed by atoms with Gasteiger partial charge in [-0.3, -0.25) is 15.1 Å². The number of aromatic nitrogens is 1. The Labute approximate surface area is 132 Å². The third-order valence-electron chi connectivity index (χ3n) is 3.08. The normalized spacial score (nSPS) is 10.5. The fraction of sp³-hybridized carbons (Fsp3) is 0.214. The summed E-state index contributed by atoms with van der Waals surface area (Å²) < 4.78 is 0. The van der Waals surface area contributed by atoms with Crippen LogP contribution in [0.1, 0.15) is 16.8 Å². The Kier molecular flexibility index (Phi) is 4.65. The van der Waals surface area contributed by atoms with Crippen molar-refractivity contribution in [3.05, 3.63) is 61.4 Å². The van der Waals surface area contributed by atoms with Gasteiger partial charge in [-0.1, -0.05) is 23.2 Å². The molecule has 1 aromatic heterocycles. The van der Waals surface area contributed by atoms with Gasteiger partial charge in [-0.2, -0.15) is 0 Å². The molecule has 2 aromatic rings. The summed E-state index contributed by atoms with van der Waals surface area (Å²) in [6.07, 6.45) is 1.51. The number of nitrogens with zero attached hydrogens (tertiary/aromatic N) is 2. The smallest absolute Gasteiger partial charge is 0.278 e. The average Bonchev–Trinajstić information content (AvgIpc) is 2.36. The number of anilines is 1. The standard InChI is InChI=1S/C14H13Cl2N3O2/c1-8-6-18-13(9(2)14(8)19(20)21)7-17-12-4-10(15)3-11(16)5-12/h3-6,17H,7H2,1-2H3. The molecule has 21 heavy (non-hydrogen) atoms. The van der Waals surface area contributed by atoms with E-state index < -0.39 is 0 Å². The van der Waals surface area contributed by atoms with Crippen molar-refractivity contribution < 1.29 is 4.92 Å². The highest BCUT2D eigenvalue weighted by molar-refractivity contribution is 6.35. The third-order valence-corrected chi connectivity index (χ3v) is 3.52. The van der Waals surface area contributed by atoms with Crippen LogP contribution >= 0.6 is 23.2 Å². The minimum Gasteiger partial charge on any atom is -0.379 e. The summed E-state index contributed by atoms with van der Waals surface area (Å²) in [4.78, 5) is 14.9. The largest absolute Gasteiger partial charge is 0.379 e. The highest BCUT2D eigenvalue weighted by Crippen LogP contribution is 2.26. The van der Waals surface area contributed by atoms with Gasteiger partial charge in [-0.25, -0.2) is 0 Å². The molecule has 1 aromatic carbocycles. The number of aryl methyl sites for hydroxylation is 1. The van der Waals surface area contributed by atoms with E-state index >= 15 is 0 Å². The van der Waals surface area contributed by atoms with Crippen LogP contribution in [-0.4, -0.2) is 9.91 Å². The summed E-state index contributed by atoms with van der Waals surface area (Å²) in [5, 5.41) is 15.2. The Morgan fingerprint density at radius 3 is 2.43 bits per heavy atom. The van der Waals surface area contributed by atoms with E-state index in [4.69, 9.17) is 23.2 Å². The lowest BCUT2D eigenvalue weighted by molar-refractivity contribution is -0.386. The predicted octanol–water partition coefficient (Wildman–Crippen LogP) is 4.53. The van der Waals surface area contributed by atoms with Crippen LogP contribution in [0.5, 0.6) is 0 Å². The molecule has 110 valence electrons. The summed E-state index contributed by atoms with van der Waals surface area (Å²) >= 11 is 11.8. The molecule has 5 nitrogen and oxygen atoms in total. The first-order chi connectivity index (χ1) is 9.88. The second-order valence-corrected chi connectivity index (χ2v) is 5.50. The molecule has 0 aliphatic heterocycles. The predicted molar refractivity (Wildman–Crippen MR) is 84.2 cm³/mol. The Balaban J connectivity index is 2.24. The molecule has 0 bridgehead atoms. The summed E-state index contributed by atoms with van der Waals surface area (Å²) in [7, 11) is 0. The molecule has 7 heteroatoms. The molecule has 0 saturated carbocycles. The zero-order valence-electron chi connectivity index (χ0n) is 11.5. The van der Waals surface area contributed by atoms with E-state index in [9.17, 15) is 10.1 Å². The zero-order chi connectivity index (χ0) is 15.6. The lowest BCUT2D eigenvalue weighted by atomic mass is 10.1. The van der Waals surface area contributed by atoms with Crippen molar-refractivity contribution in [3.8, 4) is 0 Å². The molecule has 0 aliphatic rings. The maximum absolute atomic E-state index is 11.1. The van der Waals surface area contributed by atoms with Gasteiger partial charge in [-0.15, -0.1) is 0 Å². The van der Waals surface area contributed by atoms with Gasteiger partial charge in [0.1, 0.15) is 0 Å². The lowest BCUT2D eigenvalue weighted by Crippen LogP contribution is -2.07. The van der Waals surface area contributed by atoms with Gasteiger partial charge in [0.2, 0.25) is 0 Å². The van der Waals surface area contributed by atoms with Crippen molar-refractivity contribution in [1.82, 2.24) is 4.98 Å². The summed E-state index contributed by atoms with van der Waals surface area (Å²) in [5.41, 5.74) is 2.55. The number of nitrogens with one attached hydrogen (secondary N) is 1. The van der Waals surface area contributed by atoms with Crippen LogP contribution in [0.15, 0.2) is 24.4 Å². The number of pyridine rings is 1. The van der Waals surface area contributed by atoms with Crippen molar-refractivity contribution in [3.63, 3.8) is 0 Å². The van der Waals surface area contributed by atoms with Gasteiger partial charge in [0.25, 0.3) is 5.69 Å². The maximum atomic E-state index is 11.1. The minimum atomic E-state index is -0.383. The molecular formula is C14H13Cl2N3O2. The Bertz CT molecular complexity index is 685. The molecule has 1 N–H and O–H groups in total. The fourth-order valence-corrected chi connectivity index (χ4v) is 2.59. The van der Waals surface area contributed by atoms with Crippen LogP contribution in [0.25, 0.3) is 0 Å². The quantitative estimate of drug-likeness (QED) is 0.662. The molecule has 0 fully saturated rings. The van der Waals surface area contributed by atoms with E-state index in [-0.39, 0.29) is 10.6 Å². The van der Waals surface area contributed by atoms with Crippen LogP contribution in [-0.2, 0) is 6.54 Å². The van der Waals surface area contributed by atoms with Gasteiger partial charge < -0.3 is 5.32 Å². The maximum Gasteiger partial charge on any atom is 0.278 e. The van der Waals surface area contributed by atoms with E-state index in [1.165, 1.54) is 6.20 Å². The first kappa shape index (κ1) is 15.5. The molecule has 0 atom stereocenters. The molecule has 0 saturated heterocycles. The van der Waals surface area contributed by atoms with Gasteiger partial charge >= 0.3 is 0 Å². The fourth-order valence-electron chi connectivity index (χ4n) is 2.07. The monoisotopic (exact) mass is 325 g/mol. The Morgan fingerprint density at radius 1 is 1.24 bits per heavy atom. The van der Waals surface area contributed by atoms with Gasteiger partial charge in [0.05, 0.1) is 22.7 Å². The molecule has 0 unspecified atom stereocenters. The zero-order valence-corrected chi connectivity index (χ0v) is 13.0. The van der Waals surface area contributed by atoms with Crippen LogP contribution in [0.4, 0.5) is 11.4 Å². The summed E-state index contributed by atoms with van der Waals surface area (Å²) in [5.74, 6) is 0. The molecule has 0 aliphatic carbocycles. The molecule has 0 spiro atoms. The number of hydrogen-bond acceptors (Lipinski definition) is 4. The second kappa shape index (κ2) is 6.28. The lowest BCUT2D eigenvalue weighted by Gasteiger charge is -2.10. The van der Waals surface area contributed by atoms with E-state index in [0.29, 0.717) is 33.4 Å². The first-order valence-electron chi connectivity index (χ1n) is 6.18. The molecule has 0 radical (unpaired) electrons. The average molecular weight is 326 g/mol. The number of nitro groups is 1. The molecule has 0 amide bonds. The van der Waals surface area contributed by atoms with Gasteiger partial charge in [-0.05, 0) is 32.0 Å². The summed E-state index contributed by atoms with van der Waals surface area (Å²) in [6.45, 7) is 3.72. The second-order valence-electron chi connectivity index (χ2n) is 4.63. The number of hydrogen-bond donors (Lipinski definition) is 1. The minimum absolute atomic E-state index is 0.103. The number of rotatable bonds is 4. The van der Waals surface area contributed by atoms with Crippen molar-refractivity contribution in [1.29, 1.82) is 0 Å². The van der Waals surface area contributed by atoms with E-state index in [1.807, 2.05) is 0 Å². The number of halogens is 2. The van der Waals surface area contributed by atoms with E-state index in [1.54, 1.807) is 32.0 Å². The van der Waals surface area contributed by atoms with Crippen LogP contribution < -0.4 is 5.32 Å². The van der Waals surface area contributed by atoms with Crippen molar-refractivity contribution >= 4 is 34.6 Å². The van der Waals surface area contributed by atoms with Crippen molar-refractivity contribution in [2.24, 2.45) is 0 Å². The van der Waals surface area contributed by atoms with Crippen LogP contribution in [0.3, 0.4) is 0 Å². The SMILES string of the molecule is Cc1cnc(CNc2cc(Cl)cc(Cl)c2)c(C)c1[N+](=O)[O-]. The Morgan fingerprint density at radius 2 is 1.86 bits per heavy atom. The first-order valence-corrected chi connectivity index (χ1v) is 6.93. The third kappa shape index (κ3) is 3.62. The van der Waals surface area contributed by atoms with Gasteiger partial charge in [0.15, 0.2) is 0 Å². The highest BCUT2D eigenvalue weighted by atomic mass is 35.5. The van der Waals surface area contributed by atoms with E-state index in [2.05, 4.69) is 10.3 Å². The Hall–Kier alpha value is -1.85. The molecule has 2 rings (SSSR count). The molecule has 1 heterocycles. The van der Waals surface area contributed by atoms with E-state index in [0.717, 1.165) is 5.69 Å².